The van der Waals surface area contributed by atoms with Gasteiger partial charge in [0.2, 0.25) is 0 Å². The maximum absolute atomic E-state index is 12.7. The highest BCUT2D eigenvalue weighted by molar-refractivity contribution is 7.92. The van der Waals surface area contributed by atoms with Crippen LogP contribution in [-0.4, -0.2) is 37.1 Å². The number of carboxylic acids is 2. The molecule has 2 N–H and O–H groups in total. The minimum absolute atomic E-state index is 0.0846. The third-order valence-electron chi connectivity index (χ3n) is 3.08. The van der Waals surface area contributed by atoms with Crippen LogP contribution in [0.15, 0.2) is 53.4 Å². The van der Waals surface area contributed by atoms with Crippen molar-refractivity contribution in [3.05, 3.63) is 59.1 Å². The second-order valence-corrected chi connectivity index (χ2v) is 6.96. The number of carboxylic acid groups (broad SMARTS) is 2. The maximum Gasteiger partial charge on any atom is 0.337 e. The van der Waals surface area contributed by atoms with Crippen LogP contribution in [0.1, 0.15) is 10.4 Å². The van der Waals surface area contributed by atoms with Gasteiger partial charge in [0.15, 0.2) is 0 Å². The van der Waals surface area contributed by atoms with Gasteiger partial charge in [-0.3, -0.25) is 9.10 Å². The van der Waals surface area contributed by atoms with E-state index in [-0.39, 0.29) is 21.2 Å². The molecule has 0 saturated carbocycles. The van der Waals surface area contributed by atoms with E-state index in [0.717, 1.165) is 6.07 Å². The first kappa shape index (κ1) is 17.8. The molecule has 0 aliphatic rings. The van der Waals surface area contributed by atoms with Gasteiger partial charge in [-0.1, -0.05) is 29.8 Å². The zero-order chi connectivity index (χ0) is 17.9. The molecule has 0 aromatic heterocycles. The van der Waals surface area contributed by atoms with Crippen molar-refractivity contribution in [2.45, 2.75) is 4.90 Å². The Kier molecular flexibility index (Phi) is 5.10. The number of nitrogens with zero attached hydrogens (tertiary/aromatic N) is 1. The minimum atomic E-state index is -4.19. The number of anilines is 1. The fourth-order valence-electron chi connectivity index (χ4n) is 1.99. The summed E-state index contributed by atoms with van der Waals surface area (Å²) >= 11 is 5.77. The van der Waals surface area contributed by atoms with Gasteiger partial charge in [-0.25, -0.2) is 13.2 Å². The van der Waals surface area contributed by atoms with Gasteiger partial charge in [0.1, 0.15) is 6.54 Å². The molecule has 24 heavy (non-hydrogen) atoms. The lowest BCUT2D eigenvalue weighted by molar-refractivity contribution is -0.135. The molecule has 126 valence electrons. The summed E-state index contributed by atoms with van der Waals surface area (Å²) in [6.45, 7) is -0.863. The number of rotatable bonds is 6. The second-order valence-electron chi connectivity index (χ2n) is 4.69. The van der Waals surface area contributed by atoms with Crippen molar-refractivity contribution in [3.63, 3.8) is 0 Å². The van der Waals surface area contributed by atoms with Gasteiger partial charge in [0, 0.05) is 0 Å². The molecule has 0 aliphatic heterocycles. The highest BCUT2D eigenvalue weighted by atomic mass is 35.5. The predicted octanol–water partition coefficient (Wildman–Crippen LogP) is 2.32. The summed E-state index contributed by atoms with van der Waals surface area (Å²) in [5.41, 5.74) is -0.434. The fourth-order valence-corrected chi connectivity index (χ4v) is 3.62. The Hall–Kier alpha value is -2.58. The smallest absolute Gasteiger partial charge is 0.337 e. The lowest BCUT2D eigenvalue weighted by Crippen LogP contribution is -2.35. The van der Waals surface area contributed by atoms with Crippen molar-refractivity contribution in [1.82, 2.24) is 0 Å². The van der Waals surface area contributed by atoms with E-state index in [4.69, 9.17) is 21.8 Å². The average molecular weight is 370 g/mol. The molecule has 0 aliphatic carbocycles. The van der Waals surface area contributed by atoms with Gasteiger partial charge in [-0.15, -0.1) is 0 Å². The molecule has 0 fully saturated rings. The van der Waals surface area contributed by atoms with Crippen LogP contribution >= 0.6 is 11.6 Å². The molecule has 0 atom stereocenters. The number of carbonyl (C=O) groups is 2. The third kappa shape index (κ3) is 3.66. The molecule has 0 bridgehead atoms. The Labute approximate surface area is 142 Å². The van der Waals surface area contributed by atoms with Crippen molar-refractivity contribution in [1.29, 1.82) is 0 Å². The van der Waals surface area contributed by atoms with E-state index < -0.39 is 28.5 Å². The van der Waals surface area contributed by atoms with Crippen LogP contribution in [0.4, 0.5) is 5.69 Å². The number of aromatic carboxylic acids is 1. The van der Waals surface area contributed by atoms with E-state index in [1.807, 2.05) is 0 Å². The number of aliphatic carboxylic acids is 1. The normalized spacial score (nSPS) is 11.0. The Morgan fingerprint density at radius 3 is 2.21 bits per heavy atom. The standard InChI is InChI=1S/C15H12ClNO6S/c16-13-7-6-10(8-12(13)15(20)21)17(9-14(18)19)24(22,23)11-4-2-1-3-5-11/h1-8H,9H2,(H,18,19)(H,20,21). The largest absolute Gasteiger partial charge is 0.480 e. The molecular formula is C15H12ClNO6S. The summed E-state index contributed by atoms with van der Waals surface area (Å²) in [5.74, 6) is -2.74. The zero-order valence-corrected chi connectivity index (χ0v) is 13.7. The van der Waals surface area contributed by atoms with Crippen molar-refractivity contribution < 1.29 is 28.2 Å². The van der Waals surface area contributed by atoms with Crippen LogP contribution in [0.5, 0.6) is 0 Å². The molecule has 2 aromatic rings. The van der Waals surface area contributed by atoms with Crippen molar-refractivity contribution in [2.24, 2.45) is 0 Å². The summed E-state index contributed by atoms with van der Waals surface area (Å²) < 4.78 is 26.1. The number of halogens is 1. The van der Waals surface area contributed by atoms with Gasteiger partial charge >= 0.3 is 11.9 Å². The van der Waals surface area contributed by atoms with Crippen LogP contribution in [0.25, 0.3) is 0 Å². The lowest BCUT2D eigenvalue weighted by Gasteiger charge is -2.23. The van der Waals surface area contributed by atoms with E-state index in [0.29, 0.717) is 4.31 Å². The first-order valence-electron chi connectivity index (χ1n) is 6.56. The van der Waals surface area contributed by atoms with E-state index in [1.165, 1.54) is 36.4 Å². The number of benzene rings is 2. The second kappa shape index (κ2) is 6.90. The minimum Gasteiger partial charge on any atom is -0.480 e. The number of hydrogen-bond acceptors (Lipinski definition) is 4. The molecule has 0 saturated heterocycles. The van der Waals surface area contributed by atoms with Gasteiger partial charge < -0.3 is 10.2 Å². The van der Waals surface area contributed by atoms with E-state index in [1.54, 1.807) is 6.07 Å². The molecule has 0 unspecified atom stereocenters. The Morgan fingerprint density at radius 2 is 1.67 bits per heavy atom. The number of hydrogen-bond donors (Lipinski definition) is 2. The van der Waals surface area contributed by atoms with Crippen LogP contribution in [0, 0.1) is 0 Å². The van der Waals surface area contributed by atoms with Crippen LogP contribution in [-0.2, 0) is 14.8 Å². The summed E-state index contributed by atoms with van der Waals surface area (Å²) in [6, 6.07) is 10.7. The molecule has 0 radical (unpaired) electrons. The molecule has 0 heterocycles. The number of sulfonamides is 1. The summed E-state index contributed by atoms with van der Waals surface area (Å²) in [7, 11) is -4.19. The van der Waals surface area contributed by atoms with Crippen molar-refractivity contribution >= 4 is 39.3 Å². The molecular weight excluding hydrogens is 358 g/mol. The first-order chi connectivity index (χ1) is 11.2. The maximum atomic E-state index is 12.7. The van der Waals surface area contributed by atoms with Gasteiger partial charge in [0.25, 0.3) is 10.0 Å². The molecule has 7 nitrogen and oxygen atoms in total. The molecule has 2 rings (SSSR count). The first-order valence-corrected chi connectivity index (χ1v) is 8.37. The molecule has 0 spiro atoms. The van der Waals surface area contributed by atoms with Crippen LogP contribution in [0.3, 0.4) is 0 Å². The summed E-state index contributed by atoms with van der Waals surface area (Å²) in [5, 5.41) is 18.1. The summed E-state index contributed by atoms with van der Waals surface area (Å²) in [4.78, 5) is 22.2. The molecule has 2 aromatic carbocycles. The highest BCUT2D eigenvalue weighted by Crippen LogP contribution is 2.27. The van der Waals surface area contributed by atoms with Crippen molar-refractivity contribution in [3.8, 4) is 0 Å². The Bertz CT molecular complexity index is 882. The quantitative estimate of drug-likeness (QED) is 0.808. The monoisotopic (exact) mass is 369 g/mol. The van der Waals surface area contributed by atoms with Gasteiger partial charge in [-0.05, 0) is 30.3 Å². The van der Waals surface area contributed by atoms with E-state index in [2.05, 4.69) is 0 Å². The SMILES string of the molecule is O=C(O)CN(c1ccc(Cl)c(C(=O)O)c1)S(=O)(=O)c1ccccc1. The van der Waals surface area contributed by atoms with Gasteiger partial charge in [0.05, 0.1) is 21.2 Å². The molecule has 9 heteroatoms. The average Bonchev–Trinajstić information content (AvgIpc) is 2.53. The predicted molar refractivity (Wildman–Crippen MR) is 87.0 cm³/mol. The van der Waals surface area contributed by atoms with Gasteiger partial charge in [-0.2, -0.15) is 0 Å². The summed E-state index contributed by atoms with van der Waals surface area (Å²) in [6.07, 6.45) is 0. The lowest BCUT2D eigenvalue weighted by atomic mass is 10.2. The zero-order valence-electron chi connectivity index (χ0n) is 12.1. The topological polar surface area (TPSA) is 112 Å². The third-order valence-corrected chi connectivity index (χ3v) is 5.20. The van der Waals surface area contributed by atoms with Crippen LogP contribution < -0.4 is 4.31 Å². The van der Waals surface area contributed by atoms with E-state index >= 15 is 0 Å². The van der Waals surface area contributed by atoms with Crippen molar-refractivity contribution in [2.75, 3.05) is 10.8 Å². The highest BCUT2D eigenvalue weighted by Gasteiger charge is 2.28. The Balaban J connectivity index is 2.60. The Morgan fingerprint density at radius 1 is 1.04 bits per heavy atom. The van der Waals surface area contributed by atoms with Crippen LogP contribution in [0.2, 0.25) is 5.02 Å². The fraction of sp³-hybridized carbons (Fsp3) is 0.0667. The molecule has 0 amide bonds. The van der Waals surface area contributed by atoms with E-state index in [9.17, 15) is 18.0 Å².